The van der Waals surface area contributed by atoms with Crippen LogP contribution in [-0.2, 0) is 9.59 Å². The quantitative estimate of drug-likeness (QED) is 0.436. The highest BCUT2D eigenvalue weighted by Crippen LogP contribution is 2.32. The van der Waals surface area contributed by atoms with E-state index in [0.717, 1.165) is 0 Å². The van der Waals surface area contributed by atoms with E-state index in [2.05, 4.69) is 16.0 Å². The Morgan fingerprint density at radius 3 is 2.65 bits per heavy atom. The van der Waals surface area contributed by atoms with Gasteiger partial charge in [0.2, 0.25) is 5.91 Å². The molecule has 1 atom stereocenters. The molecule has 1 aliphatic heterocycles. The van der Waals surface area contributed by atoms with Gasteiger partial charge in [-0.1, -0.05) is 18.2 Å². The predicted molar refractivity (Wildman–Crippen MR) is 132 cm³/mol. The first-order valence-corrected chi connectivity index (χ1v) is 11.5. The Balaban J connectivity index is 1.41. The van der Waals surface area contributed by atoms with Gasteiger partial charge in [-0.3, -0.25) is 14.4 Å². The van der Waals surface area contributed by atoms with Crippen LogP contribution >= 0.6 is 11.8 Å². The van der Waals surface area contributed by atoms with Gasteiger partial charge in [0.1, 0.15) is 11.5 Å². The number of fused-ring (bicyclic) bond motifs is 1. The summed E-state index contributed by atoms with van der Waals surface area (Å²) >= 11 is 1.27. The minimum atomic E-state index is -0.571. The Morgan fingerprint density at radius 1 is 1.03 bits per heavy atom. The maximum absolute atomic E-state index is 13.0. The summed E-state index contributed by atoms with van der Waals surface area (Å²) in [7, 11) is 1.56. The molecule has 3 N–H and O–H groups in total. The van der Waals surface area contributed by atoms with E-state index in [0.29, 0.717) is 39.0 Å². The molecule has 0 saturated heterocycles. The van der Waals surface area contributed by atoms with Gasteiger partial charge in [-0.15, -0.1) is 11.8 Å². The lowest BCUT2D eigenvalue weighted by molar-refractivity contribution is -0.122. The zero-order valence-electron chi connectivity index (χ0n) is 18.6. The molecule has 0 aliphatic carbocycles. The van der Waals surface area contributed by atoms with E-state index < -0.39 is 6.10 Å². The number of carbonyl (C=O) groups excluding carboxylic acids is 3. The van der Waals surface area contributed by atoms with Gasteiger partial charge in [0.05, 0.1) is 24.1 Å². The molecule has 1 unspecified atom stereocenters. The molecule has 8 nitrogen and oxygen atoms in total. The molecule has 9 heteroatoms. The number of nitrogens with one attached hydrogen (secondary N) is 3. The molecule has 174 valence electrons. The normalized spacial score (nSPS) is 14.3. The van der Waals surface area contributed by atoms with Crippen molar-refractivity contribution in [1.82, 2.24) is 0 Å². The van der Waals surface area contributed by atoms with Crippen molar-refractivity contribution in [2.24, 2.45) is 0 Å². The number of methoxy groups -OCH3 is 1. The minimum absolute atomic E-state index is 0.127. The number of hydrogen-bond donors (Lipinski definition) is 3. The average molecular weight is 478 g/mol. The molecule has 3 amide bonds. The molecule has 0 fully saturated rings. The first-order chi connectivity index (χ1) is 16.4. The number of anilines is 3. The van der Waals surface area contributed by atoms with Crippen LogP contribution < -0.4 is 25.4 Å². The monoisotopic (exact) mass is 477 g/mol. The third kappa shape index (κ3) is 5.49. The standard InChI is InChI=1S/C25H23N3O5S/c1-15-24(30)28-20-13-17(10-11-21(20)33-15)27-25(31)19-8-3-4-9-22(19)34-14-23(29)26-16-6-5-7-18(12-16)32-2/h3-13,15H,14H2,1-2H3,(H,26,29)(H,27,31)(H,28,30). The fourth-order valence-corrected chi connectivity index (χ4v) is 4.16. The van der Waals surface area contributed by atoms with E-state index in [4.69, 9.17) is 9.47 Å². The Labute approximate surface area is 201 Å². The molecule has 0 bridgehead atoms. The third-order valence-electron chi connectivity index (χ3n) is 5.01. The summed E-state index contributed by atoms with van der Waals surface area (Å²) in [5, 5.41) is 8.43. The van der Waals surface area contributed by atoms with Crippen LogP contribution in [0.5, 0.6) is 11.5 Å². The van der Waals surface area contributed by atoms with Gasteiger partial charge in [-0.25, -0.2) is 0 Å². The Morgan fingerprint density at radius 2 is 1.82 bits per heavy atom. The van der Waals surface area contributed by atoms with Crippen molar-refractivity contribution in [2.75, 3.05) is 28.8 Å². The van der Waals surface area contributed by atoms with E-state index >= 15 is 0 Å². The second-order valence-electron chi connectivity index (χ2n) is 7.48. The first-order valence-electron chi connectivity index (χ1n) is 10.5. The summed E-state index contributed by atoms with van der Waals surface area (Å²) in [5.74, 6) is 0.547. The van der Waals surface area contributed by atoms with Crippen LogP contribution in [-0.4, -0.2) is 36.7 Å². The van der Waals surface area contributed by atoms with Crippen molar-refractivity contribution in [2.45, 2.75) is 17.9 Å². The lowest BCUT2D eigenvalue weighted by Crippen LogP contribution is -2.34. The van der Waals surface area contributed by atoms with Crippen molar-refractivity contribution in [1.29, 1.82) is 0 Å². The van der Waals surface area contributed by atoms with Crippen LogP contribution in [0.2, 0.25) is 0 Å². The topological polar surface area (TPSA) is 106 Å². The lowest BCUT2D eigenvalue weighted by atomic mass is 10.2. The van der Waals surface area contributed by atoms with Crippen LogP contribution in [0.4, 0.5) is 17.1 Å². The van der Waals surface area contributed by atoms with Gasteiger partial charge in [0.25, 0.3) is 11.8 Å². The Hall–Kier alpha value is -3.98. The Bertz CT molecular complexity index is 1250. The molecule has 34 heavy (non-hydrogen) atoms. The Kier molecular flexibility index (Phi) is 7.03. The minimum Gasteiger partial charge on any atom is -0.497 e. The highest BCUT2D eigenvalue weighted by molar-refractivity contribution is 8.00. The number of thioether (sulfide) groups is 1. The predicted octanol–water partition coefficient (Wildman–Crippen LogP) is 4.40. The highest BCUT2D eigenvalue weighted by atomic mass is 32.2. The van der Waals surface area contributed by atoms with Crippen LogP contribution in [0.15, 0.2) is 71.6 Å². The van der Waals surface area contributed by atoms with E-state index in [-0.39, 0.29) is 23.5 Å². The number of amides is 3. The summed E-state index contributed by atoms with van der Waals surface area (Å²) in [4.78, 5) is 37.9. The van der Waals surface area contributed by atoms with Gasteiger partial charge in [-0.2, -0.15) is 0 Å². The van der Waals surface area contributed by atoms with E-state index in [1.54, 1.807) is 74.7 Å². The largest absolute Gasteiger partial charge is 0.497 e. The van der Waals surface area contributed by atoms with Crippen LogP contribution in [0.1, 0.15) is 17.3 Å². The van der Waals surface area contributed by atoms with Crippen molar-refractivity contribution in [3.05, 3.63) is 72.3 Å². The number of carbonyl (C=O) groups is 3. The second-order valence-corrected chi connectivity index (χ2v) is 8.50. The summed E-state index contributed by atoms with van der Waals surface area (Å²) < 4.78 is 10.7. The summed E-state index contributed by atoms with van der Waals surface area (Å²) in [6, 6.07) is 19.2. The average Bonchev–Trinajstić information content (AvgIpc) is 2.84. The molecule has 4 rings (SSSR count). The number of rotatable bonds is 7. The fourth-order valence-electron chi connectivity index (χ4n) is 3.31. The van der Waals surface area contributed by atoms with Crippen molar-refractivity contribution < 1.29 is 23.9 Å². The molecule has 1 heterocycles. The van der Waals surface area contributed by atoms with E-state index in [1.165, 1.54) is 11.8 Å². The first kappa shape index (κ1) is 23.2. The van der Waals surface area contributed by atoms with Crippen molar-refractivity contribution in [3.8, 4) is 11.5 Å². The van der Waals surface area contributed by atoms with Crippen LogP contribution in [0.25, 0.3) is 0 Å². The van der Waals surface area contributed by atoms with Crippen molar-refractivity contribution >= 4 is 46.5 Å². The molecular formula is C25H23N3O5S. The fraction of sp³-hybridized carbons (Fsp3) is 0.160. The zero-order valence-corrected chi connectivity index (χ0v) is 19.4. The smallest absolute Gasteiger partial charge is 0.265 e. The summed E-state index contributed by atoms with van der Waals surface area (Å²) in [6.07, 6.45) is -0.571. The summed E-state index contributed by atoms with van der Waals surface area (Å²) in [5.41, 5.74) is 2.08. The van der Waals surface area contributed by atoms with Gasteiger partial charge < -0.3 is 25.4 Å². The maximum Gasteiger partial charge on any atom is 0.265 e. The molecule has 3 aromatic carbocycles. The maximum atomic E-state index is 13.0. The molecule has 0 aromatic heterocycles. The lowest BCUT2D eigenvalue weighted by Gasteiger charge is -2.23. The molecule has 0 saturated carbocycles. The van der Waals surface area contributed by atoms with E-state index in [9.17, 15) is 14.4 Å². The highest BCUT2D eigenvalue weighted by Gasteiger charge is 2.24. The molecule has 3 aromatic rings. The van der Waals surface area contributed by atoms with Gasteiger partial charge in [-0.05, 0) is 49.4 Å². The van der Waals surface area contributed by atoms with Gasteiger partial charge in [0, 0.05) is 22.3 Å². The van der Waals surface area contributed by atoms with Gasteiger partial charge in [0.15, 0.2) is 6.10 Å². The van der Waals surface area contributed by atoms with Gasteiger partial charge >= 0.3 is 0 Å². The molecular weight excluding hydrogens is 454 g/mol. The third-order valence-corrected chi connectivity index (χ3v) is 6.09. The molecule has 0 spiro atoms. The second kappa shape index (κ2) is 10.3. The number of ether oxygens (including phenoxy) is 2. The van der Waals surface area contributed by atoms with Crippen LogP contribution in [0.3, 0.4) is 0 Å². The van der Waals surface area contributed by atoms with Crippen LogP contribution in [0, 0.1) is 0 Å². The molecule has 0 radical (unpaired) electrons. The van der Waals surface area contributed by atoms with Crippen molar-refractivity contribution in [3.63, 3.8) is 0 Å². The zero-order chi connectivity index (χ0) is 24.1. The number of hydrogen-bond acceptors (Lipinski definition) is 6. The summed E-state index contributed by atoms with van der Waals surface area (Å²) in [6.45, 7) is 1.67. The SMILES string of the molecule is COc1cccc(NC(=O)CSc2ccccc2C(=O)Nc2ccc3c(c2)NC(=O)C(C)O3)c1. The van der Waals surface area contributed by atoms with E-state index in [1.807, 2.05) is 6.07 Å². The number of benzene rings is 3. The molecule has 1 aliphatic rings.